The highest BCUT2D eigenvalue weighted by atomic mass is 16.7. The Balaban J connectivity index is 1.47. The SMILES string of the molecule is CCCCNc1ccc(-n2c3ccc(B4OC(C)(C)C(C)(C)O4)cc3c3cc(B4OC(C)(C)C(C)(C)O4)ccc32)cc1. The van der Waals surface area contributed by atoms with Gasteiger partial charge in [0, 0.05) is 28.7 Å². The normalized spacial score (nSPS) is 20.6. The first-order valence-corrected chi connectivity index (χ1v) is 15.4. The summed E-state index contributed by atoms with van der Waals surface area (Å²) in [6, 6.07) is 21.8. The first-order chi connectivity index (χ1) is 19.7. The van der Waals surface area contributed by atoms with E-state index in [-0.39, 0.29) is 0 Å². The average molecular weight is 566 g/mol. The molecule has 0 aliphatic carbocycles. The van der Waals surface area contributed by atoms with Crippen LogP contribution in [0.5, 0.6) is 0 Å². The highest BCUT2D eigenvalue weighted by molar-refractivity contribution is 6.63. The van der Waals surface area contributed by atoms with E-state index in [0.29, 0.717) is 0 Å². The number of aromatic nitrogens is 1. The van der Waals surface area contributed by atoms with Gasteiger partial charge in [-0.3, -0.25) is 0 Å². The molecule has 1 N–H and O–H groups in total. The molecule has 0 amide bonds. The van der Waals surface area contributed by atoms with E-state index >= 15 is 0 Å². The van der Waals surface area contributed by atoms with Crippen LogP contribution < -0.4 is 16.2 Å². The molecular formula is C34H44B2N2O4. The van der Waals surface area contributed by atoms with E-state index in [0.717, 1.165) is 57.1 Å². The molecule has 1 aromatic heterocycles. The van der Waals surface area contributed by atoms with Gasteiger partial charge in [0.1, 0.15) is 0 Å². The molecule has 0 atom stereocenters. The molecule has 0 saturated carbocycles. The number of hydrogen-bond donors (Lipinski definition) is 1. The van der Waals surface area contributed by atoms with Crippen LogP contribution in [0.4, 0.5) is 5.69 Å². The molecule has 0 unspecified atom stereocenters. The summed E-state index contributed by atoms with van der Waals surface area (Å²) in [4.78, 5) is 0. The van der Waals surface area contributed by atoms with Gasteiger partial charge in [0.05, 0.1) is 33.4 Å². The Bertz CT molecular complexity index is 1500. The third-order valence-electron chi connectivity index (χ3n) is 9.85. The van der Waals surface area contributed by atoms with E-state index in [1.807, 2.05) is 0 Å². The van der Waals surface area contributed by atoms with Gasteiger partial charge in [0.15, 0.2) is 0 Å². The summed E-state index contributed by atoms with van der Waals surface area (Å²) in [5.74, 6) is 0. The molecule has 8 heteroatoms. The Labute approximate surface area is 251 Å². The molecule has 0 radical (unpaired) electrons. The topological polar surface area (TPSA) is 53.9 Å². The van der Waals surface area contributed by atoms with Crippen molar-refractivity contribution in [2.75, 3.05) is 11.9 Å². The molecular weight excluding hydrogens is 522 g/mol. The molecule has 2 fully saturated rings. The fourth-order valence-corrected chi connectivity index (χ4v) is 5.73. The molecule has 2 saturated heterocycles. The zero-order valence-corrected chi connectivity index (χ0v) is 26.6. The number of anilines is 1. The van der Waals surface area contributed by atoms with Crippen LogP contribution in [-0.2, 0) is 18.6 Å². The summed E-state index contributed by atoms with van der Waals surface area (Å²) < 4.78 is 28.1. The molecule has 2 aliphatic heterocycles. The van der Waals surface area contributed by atoms with E-state index in [1.165, 1.54) is 6.42 Å². The largest absolute Gasteiger partial charge is 0.494 e. The van der Waals surface area contributed by atoms with E-state index in [2.05, 4.69) is 133 Å². The molecule has 4 aromatic rings. The molecule has 3 heterocycles. The summed E-state index contributed by atoms with van der Waals surface area (Å²) in [5.41, 5.74) is 4.91. The van der Waals surface area contributed by atoms with Gasteiger partial charge in [-0.15, -0.1) is 0 Å². The summed E-state index contributed by atoms with van der Waals surface area (Å²) in [7, 11) is -0.866. The van der Waals surface area contributed by atoms with E-state index in [9.17, 15) is 0 Å². The van der Waals surface area contributed by atoms with E-state index < -0.39 is 36.6 Å². The Morgan fingerprint density at radius 2 is 1.05 bits per heavy atom. The first-order valence-electron chi connectivity index (χ1n) is 15.4. The Hall–Kier alpha value is -2.77. The maximum atomic E-state index is 6.43. The maximum absolute atomic E-state index is 6.43. The third kappa shape index (κ3) is 4.86. The van der Waals surface area contributed by atoms with Crippen molar-refractivity contribution in [2.24, 2.45) is 0 Å². The second kappa shape index (κ2) is 10.2. The highest BCUT2D eigenvalue weighted by Crippen LogP contribution is 2.39. The molecule has 0 spiro atoms. The van der Waals surface area contributed by atoms with Crippen LogP contribution in [0, 0.1) is 0 Å². The smallest absolute Gasteiger partial charge is 0.399 e. The number of unbranched alkanes of at least 4 members (excludes halogenated alkanes) is 1. The van der Waals surface area contributed by atoms with Crippen molar-refractivity contribution >= 4 is 52.7 Å². The average Bonchev–Trinajstić information content (AvgIpc) is 3.45. The molecule has 2 aliphatic rings. The van der Waals surface area contributed by atoms with Crippen molar-refractivity contribution < 1.29 is 18.6 Å². The predicted octanol–water partition coefficient (Wildman–Crippen LogP) is 6.59. The van der Waals surface area contributed by atoms with Crippen LogP contribution in [0.2, 0.25) is 0 Å². The Morgan fingerprint density at radius 3 is 1.45 bits per heavy atom. The van der Waals surface area contributed by atoms with Crippen LogP contribution in [0.3, 0.4) is 0 Å². The zero-order valence-electron chi connectivity index (χ0n) is 26.6. The van der Waals surface area contributed by atoms with Crippen molar-refractivity contribution in [1.82, 2.24) is 4.57 Å². The standard InChI is InChI=1S/C34H44B2N2O4/c1-10-11-20-37-25-14-16-26(17-15-25)38-29-18-12-23(35-39-31(2,3)32(4,5)40-35)21-27(29)28-22-24(13-19-30(28)38)36-41-33(6,7)34(8,9)42-36/h12-19,21-22,37H,10-11,20H2,1-9H3. The zero-order chi connectivity index (χ0) is 30.1. The van der Waals surface area contributed by atoms with Crippen molar-refractivity contribution in [1.29, 1.82) is 0 Å². The van der Waals surface area contributed by atoms with Crippen LogP contribution in [0.1, 0.15) is 75.2 Å². The lowest BCUT2D eigenvalue weighted by Gasteiger charge is -2.32. The summed E-state index contributed by atoms with van der Waals surface area (Å²) in [6.07, 6.45) is 2.33. The highest BCUT2D eigenvalue weighted by Gasteiger charge is 2.53. The molecule has 3 aromatic carbocycles. The van der Waals surface area contributed by atoms with Gasteiger partial charge in [0.25, 0.3) is 0 Å². The van der Waals surface area contributed by atoms with Crippen molar-refractivity contribution in [3.63, 3.8) is 0 Å². The van der Waals surface area contributed by atoms with Gasteiger partial charge >= 0.3 is 14.2 Å². The number of nitrogens with one attached hydrogen (secondary N) is 1. The summed E-state index contributed by atoms with van der Waals surface area (Å²) >= 11 is 0. The first kappa shape index (κ1) is 29.3. The fourth-order valence-electron chi connectivity index (χ4n) is 5.73. The minimum absolute atomic E-state index is 0.405. The number of rotatable bonds is 7. The van der Waals surface area contributed by atoms with Gasteiger partial charge in [-0.2, -0.15) is 0 Å². The maximum Gasteiger partial charge on any atom is 0.494 e. The molecule has 0 bridgehead atoms. The minimum Gasteiger partial charge on any atom is -0.399 e. The van der Waals surface area contributed by atoms with Gasteiger partial charge in [-0.05, 0) is 109 Å². The van der Waals surface area contributed by atoms with Crippen LogP contribution in [0.15, 0.2) is 60.7 Å². The number of benzene rings is 3. The van der Waals surface area contributed by atoms with E-state index in [4.69, 9.17) is 18.6 Å². The number of fused-ring (bicyclic) bond motifs is 3. The Kier molecular flexibility index (Phi) is 7.09. The molecule has 42 heavy (non-hydrogen) atoms. The van der Waals surface area contributed by atoms with Crippen LogP contribution in [0.25, 0.3) is 27.5 Å². The van der Waals surface area contributed by atoms with E-state index in [1.54, 1.807) is 0 Å². The lowest BCUT2D eigenvalue weighted by Crippen LogP contribution is -2.41. The fraction of sp³-hybridized carbons (Fsp3) is 0.471. The quantitative estimate of drug-likeness (QED) is 0.202. The van der Waals surface area contributed by atoms with Gasteiger partial charge in [-0.25, -0.2) is 0 Å². The Morgan fingerprint density at radius 1 is 0.619 bits per heavy atom. The number of nitrogens with zero attached hydrogens (tertiary/aromatic N) is 1. The predicted molar refractivity (Wildman–Crippen MR) is 176 cm³/mol. The second-order valence-corrected chi connectivity index (χ2v) is 13.9. The van der Waals surface area contributed by atoms with Crippen LogP contribution in [-0.4, -0.2) is 47.8 Å². The lowest BCUT2D eigenvalue weighted by atomic mass is 9.77. The lowest BCUT2D eigenvalue weighted by molar-refractivity contribution is 0.00578. The second-order valence-electron chi connectivity index (χ2n) is 13.9. The van der Waals surface area contributed by atoms with Gasteiger partial charge < -0.3 is 28.5 Å². The van der Waals surface area contributed by atoms with Crippen molar-refractivity contribution in [3.05, 3.63) is 60.7 Å². The monoisotopic (exact) mass is 566 g/mol. The third-order valence-corrected chi connectivity index (χ3v) is 9.85. The summed E-state index contributed by atoms with van der Waals surface area (Å²) in [6.45, 7) is 19.9. The van der Waals surface area contributed by atoms with Gasteiger partial charge in [0.2, 0.25) is 0 Å². The van der Waals surface area contributed by atoms with Gasteiger partial charge in [-0.1, -0.05) is 37.6 Å². The minimum atomic E-state index is -0.433. The van der Waals surface area contributed by atoms with Crippen LogP contribution >= 0.6 is 0 Å². The molecule has 6 nitrogen and oxygen atoms in total. The molecule has 220 valence electrons. The molecule has 6 rings (SSSR count). The van der Waals surface area contributed by atoms with Crippen molar-refractivity contribution in [3.8, 4) is 5.69 Å². The number of hydrogen-bond acceptors (Lipinski definition) is 5. The van der Waals surface area contributed by atoms with Crippen molar-refractivity contribution in [2.45, 2.75) is 97.6 Å². The summed E-state index contributed by atoms with van der Waals surface area (Å²) in [5, 5.41) is 5.81.